The third-order valence-electron chi connectivity index (χ3n) is 4.03. The van der Waals surface area contributed by atoms with E-state index in [1.165, 1.54) is 0 Å². The fourth-order valence-corrected chi connectivity index (χ4v) is 2.69. The van der Waals surface area contributed by atoms with Crippen LogP contribution in [0.2, 0.25) is 0 Å². The van der Waals surface area contributed by atoms with E-state index in [1.54, 1.807) is 0 Å². The second-order valence-electron chi connectivity index (χ2n) is 5.95. The van der Waals surface area contributed by atoms with Crippen molar-refractivity contribution in [2.75, 3.05) is 26.2 Å². The van der Waals surface area contributed by atoms with Crippen LogP contribution >= 0.6 is 0 Å². The van der Waals surface area contributed by atoms with Crippen LogP contribution in [0.4, 0.5) is 0 Å². The van der Waals surface area contributed by atoms with Crippen LogP contribution in [0.25, 0.3) is 0 Å². The highest BCUT2D eigenvalue weighted by atomic mass is 16.6. The third-order valence-corrected chi connectivity index (χ3v) is 4.03. The summed E-state index contributed by atoms with van der Waals surface area (Å²) in [4.78, 5) is 2.43. The normalized spacial score (nSPS) is 26.1. The quantitative estimate of drug-likeness (QED) is 0.880. The predicted octanol–water partition coefficient (Wildman–Crippen LogP) is 1.64. The van der Waals surface area contributed by atoms with Crippen molar-refractivity contribution in [2.45, 2.75) is 31.4 Å². The van der Waals surface area contributed by atoms with Gasteiger partial charge >= 0.3 is 0 Å². The standard InChI is InChI=1S/C15H22N2O2/c1-15(16)6-8-17(9-7-15)10-12-11-18-13-4-2-3-5-14(13)19-12/h2-5,12H,6-11,16H2,1H3/t12-/m0/s1. The maximum absolute atomic E-state index is 6.15. The average molecular weight is 262 g/mol. The lowest BCUT2D eigenvalue weighted by atomic mass is 9.91. The highest BCUT2D eigenvalue weighted by Gasteiger charge is 2.29. The Hall–Kier alpha value is -1.26. The van der Waals surface area contributed by atoms with Crippen LogP contribution in [0.1, 0.15) is 19.8 Å². The lowest BCUT2D eigenvalue weighted by Crippen LogP contribution is -2.51. The summed E-state index contributed by atoms with van der Waals surface area (Å²) in [5, 5.41) is 0. The molecule has 19 heavy (non-hydrogen) atoms. The molecule has 2 N–H and O–H groups in total. The van der Waals surface area contributed by atoms with Crippen molar-refractivity contribution in [1.82, 2.24) is 4.90 Å². The van der Waals surface area contributed by atoms with Crippen LogP contribution in [0.5, 0.6) is 11.5 Å². The molecule has 2 aliphatic rings. The Bertz CT molecular complexity index is 438. The van der Waals surface area contributed by atoms with E-state index >= 15 is 0 Å². The van der Waals surface area contributed by atoms with Gasteiger partial charge in [0.1, 0.15) is 12.7 Å². The van der Waals surface area contributed by atoms with Gasteiger partial charge in [0.15, 0.2) is 11.5 Å². The highest BCUT2D eigenvalue weighted by Crippen LogP contribution is 2.31. The molecule has 2 aliphatic heterocycles. The second kappa shape index (κ2) is 5.02. The second-order valence-corrected chi connectivity index (χ2v) is 5.95. The number of nitrogens with two attached hydrogens (primary N) is 1. The number of likely N-dealkylation sites (tertiary alicyclic amines) is 1. The first kappa shape index (κ1) is 12.8. The van der Waals surface area contributed by atoms with Crippen molar-refractivity contribution < 1.29 is 9.47 Å². The summed E-state index contributed by atoms with van der Waals surface area (Å²) in [5.74, 6) is 1.71. The van der Waals surface area contributed by atoms with E-state index in [-0.39, 0.29) is 11.6 Å². The van der Waals surface area contributed by atoms with Gasteiger partial charge in [0, 0.05) is 25.2 Å². The topological polar surface area (TPSA) is 47.7 Å². The zero-order chi connectivity index (χ0) is 13.3. The molecular formula is C15H22N2O2. The zero-order valence-electron chi connectivity index (χ0n) is 11.5. The third kappa shape index (κ3) is 3.01. The van der Waals surface area contributed by atoms with Gasteiger partial charge in [0.05, 0.1) is 0 Å². The lowest BCUT2D eigenvalue weighted by Gasteiger charge is -2.38. The summed E-state index contributed by atoms with van der Waals surface area (Å²) >= 11 is 0. The first-order chi connectivity index (χ1) is 9.12. The minimum Gasteiger partial charge on any atom is -0.486 e. The molecular weight excluding hydrogens is 240 g/mol. The lowest BCUT2D eigenvalue weighted by molar-refractivity contribution is 0.0462. The molecule has 0 aliphatic carbocycles. The predicted molar refractivity (Wildman–Crippen MR) is 74.6 cm³/mol. The Morgan fingerprint density at radius 2 is 1.95 bits per heavy atom. The van der Waals surface area contributed by atoms with Gasteiger partial charge in [0.25, 0.3) is 0 Å². The summed E-state index contributed by atoms with van der Waals surface area (Å²) in [5.41, 5.74) is 6.16. The molecule has 104 valence electrons. The van der Waals surface area contributed by atoms with Crippen molar-refractivity contribution in [3.63, 3.8) is 0 Å². The van der Waals surface area contributed by atoms with E-state index in [2.05, 4.69) is 11.8 Å². The molecule has 1 aromatic carbocycles. The Morgan fingerprint density at radius 1 is 1.26 bits per heavy atom. The number of piperidine rings is 1. The largest absolute Gasteiger partial charge is 0.486 e. The minimum absolute atomic E-state index is 0.00697. The minimum atomic E-state index is 0.00697. The molecule has 1 saturated heterocycles. The van der Waals surface area contributed by atoms with Gasteiger partial charge < -0.3 is 15.2 Å². The molecule has 0 saturated carbocycles. The molecule has 1 atom stereocenters. The maximum Gasteiger partial charge on any atom is 0.161 e. The van der Waals surface area contributed by atoms with Crippen molar-refractivity contribution in [3.8, 4) is 11.5 Å². The maximum atomic E-state index is 6.15. The smallest absolute Gasteiger partial charge is 0.161 e. The van der Waals surface area contributed by atoms with E-state index in [9.17, 15) is 0 Å². The first-order valence-electron chi connectivity index (χ1n) is 7.02. The highest BCUT2D eigenvalue weighted by molar-refractivity contribution is 5.40. The Kier molecular flexibility index (Phi) is 3.37. The van der Waals surface area contributed by atoms with E-state index in [0.717, 1.165) is 44.0 Å². The SMILES string of the molecule is CC1(N)CCN(C[C@H]2COc3ccccc3O2)CC1. The number of ether oxygens (including phenoxy) is 2. The number of rotatable bonds is 2. The first-order valence-corrected chi connectivity index (χ1v) is 7.02. The van der Waals surface area contributed by atoms with Gasteiger partial charge in [0.2, 0.25) is 0 Å². The van der Waals surface area contributed by atoms with E-state index in [1.807, 2.05) is 24.3 Å². The number of nitrogens with zero attached hydrogens (tertiary/aromatic N) is 1. The van der Waals surface area contributed by atoms with Gasteiger partial charge in [-0.3, -0.25) is 4.90 Å². The molecule has 0 bridgehead atoms. The number of fused-ring (bicyclic) bond motifs is 1. The van der Waals surface area contributed by atoms with Gasteiger partial charge in [-0.1, -0.05) is 12.1 Å². The summed E-state index contributed by atoms with van der Waals surface area (Å²) in [6.07, 6.45) is 2.23. The number of para-hydroxylation sites is 2. The average Bonchev–Trinajstić information content (AvgIpc) is 2.41. The van der Waals surface area contributed by atoms with E-state index in [4.69, 9.17) is 15.2 Å². The monoisotopic (exact) mass is 262 g/mol. The van der Waals surface area contributed by atoms with Crippen LogP contribution in [-0.4, -0.2) is 42.8 Å². The number of hydrogen-bond donors (Lipinski definition) is 1. The molecule has 0 amide bonds. The van der Waals surface area contributed by atoms with Crippen LogP contribution in [0.3, 0.4) is 0 Å². The molecule has 4 nitrogen and oxygen atoms in total. The van der Waals surface area contributed by atoms with Gasteiger partial charge in [-0.05, 0) is 31.9 Å². The molecule has 0 aromatic heterocycles. The van der Waals surface area contributed by atoms with Crippen LogP contribution in [0.15, 0.2) is 24.3 Å². The Balaban J connectivity index is 1.55. The van der Waals surface area contributed by atoms with Crippen molar-refractivity contribution in [2.24, 2.45) is 5.73 Å². The van der Waals surface area contributed by atoms with E-state index in [0.29, 0.717) is 6.61 Å². The fourth-order valence-electron chi connectivity index (χ4n) is 2.69. The zero-order valence-corrected chi connectivity index (χ0v) is 11.5. The van der Waals surface area contributed by atoms with Gasteiger partial charge in [-0.25, -0.2) is 0 Å². The molecule has 0 radical (unpaired) electrons. The molecule has 1 fully saturated rings. The summed E-state index contributed by atoms with van der Waals surface area (Å²) < 4.78 is 11.7. The fraction of sp³-hybridized carbons (Fsp3) is 0.600. The van der Waals surface area contributed by atoms with Crippen molar-refractivity contribution in [1.29, 1.82) is 0 Å². The molecule has 4 heteroatoms. The van der Waals surface area contributed by atoms with Gasteiger partial charge in [-0.15, -0.1) is 0 Å². The molecule has 2 heterocycles. The summed E-state index contributed by atoms with van der Waals surface area (Å²) in [6, 6.07) is 7.86. The molecule has 1 aromatic rings. The summed E-state index contributed by atoms with van der Waals surface area (Å²) in [6.45, 7) is 5.79. The molecule has 3 rings (SSSR count). The van der Waals surface area contributed by atoms with Crippen LogP contribution < -0.4 is 15.2 Å². The van der Waals surface area contributed by atoms with Gasteiger partial charge in [-0.2, -0.15) is 0 Å². The van der Waals surface area contributed by atoms with Crippen LogP contribution in [0, 0.1) is 0 Å². The van der Waals surface area contributed by atoms with Crippen molar-refractivity contribution in [3.05, 3.63) is 24.3 Å². The summed E-state index contributed by atoms with van der Waals surface area (Å²) in [7, 11) is 0. The molecule has 0 spiro atoms. The number of benzene rings is 1. The van der Waals surface area contributed by atoms with E-state index < -0.39 is 0 Å². The van der Waals surface area contributed by atoms with Crippen molar-refractivity contribution >= 4 is 0 Å². The number of hydrogen-bond acceptors (Lipinski definition) is 4. The Morgan fingerprint density at radius 3 is 2.68 bits per heavy atom. The Labute approximate surface area is 114 Å². The molecule has 0 unspecified atom stereocenters. The van der Waals surface area contributed by atoms with Crippen LogP contribution in [-0.2, 0) is 0 Å².